The highest BCUT2D eigenvalue weighted by molar-refractivity contribution is 7.73. The van der Waals surface area contributed by atoms with Gasteiger partial charge in [-0.3, -0.25) is 14.2 Å². The van der Waals surface area contributed by atoms with E-state index in [1.807, 2.05) is 31.3 Å². The molecule has 0 aliphatic heterocycles. The van der Waals surface area contributed by atoms with E-state index >= 15 is 0 Å². The number of hydrogen-bond acceptors (Lipinski definition) is 10. The van der Waals surface area contributed by atoms with Crippen molar-refractivity contribution >= 4 is 41.6 Å². The fourth-order valence-corrected chi connectivity index (χ4v) is 8.95. The number of nitrogens with one attached hydrogen (secondary N) is 2. The summed E-state index contributed by atoms with van der Waals surface area (Å²) in [5.41, 5.74) is 9.20. The van der Waals surface area contributed by atoms with Crippen LogP contribution in [0.25, 0.3) is 11.3 Å². The first-order valence-electron chi connectivity index (χ1n) is 12.7. The molecule has 2 aliphatic carbocycles. The van der Waals surface area contributed by atoms with Crippen molar-refractivity contribution in [2.45, 2.75) is 37.0 Å². The molecule has 0 unspecified atom stereocenters. The summed E-state index contributed by atoms with van der Waals surface area (Å²) in [6.07, 6.45) is 5.62. The average molecular weight is 549 g/mol. The quantitative estimate of drug-likeness (QED) is 0.251. The lowest BCUT2D eigenvalue weighted by Gasteiger charge is -2.17. The van der Waals surface area contributed by atoms with Crippen LogP contribution in [0.4, 0.5) is 23.1 Å². The minimum atomic E-state index is -2.51. The van der Waals surface area contributed by atoms with Gasteiger partial charge in [0.2, 0.25) is 5.95 Å². The van der Waals surface area contributed by atoms with Gasteiger partial charge in [-0.1, -0.05) is 6.07 Å². The molecule has 202 valence electrons. The number of amides is 1. The monoisotopic (exact) mass is 548 g/mol. The Morgan fingerprint density at radius 3 is 2.41 bits per heavy atom. The van der Waals surface area contributed by atoms with Crippen molar-refractivity contribution in [3.8, 4) is 17.0 Å². The molecule has 2 fully saturated rings. The predicted molar refractivity (Wildman–Crippen MR) is 147 cm³/mol. The molecular weight excluding hydrogens is 519 g/mol. The molecule has 0 radical (unpaired) electrons. The van der Waals surface area contributed by atoms with Gasteiger partial charge in [-0.2, -0.15) is 5.10 Å². The maximum atomic E-state index is 14.2. The lowest BCUT2D eigenvalue weighted by molar-refractivity contribution is 0.0995. The number of anilines is 4. The molecule has 14 heteroatoms. The van der Waals surface area contributed by atoms with Crippen molar-refractivity contribution in [1.82, 2.24) is 34.7 Å². The Balaban J connectivity index is 1.36. The number of carbonyl (C=O) groups excluding carboxylic acids is 1. The van der Waals surface area contributed by atoms with E-state index in [-0.39, 0.29) is 17.0 Å². The van der Waals surface area contributed by atoms with Gasteiger partial charge < -0.3 is 25.7 Å². The summed E-state index contributed by atoms with van der Waals surface area (Å²) in [7, 11) is 2.65. The number of methoxy groups -OCH3 is 1. The van der Waals surface area contributed by atoms with E-state index in [0.717, 1.165) is 36.7 Å². The number of hydrogen-bond donors (Lipinski definition) is 3. The third-order valence-electron chi connectivity index (χ3n) is 7.02. The van der Waals surface area contributed by atoms with Crippen molar-refractivity contribution < 1.29 is 14.1 Å². The second-order valence-electron chi connectivity index (χ2n) is 9.92. The number of nitrogens with zero attached hydrogens (tertiary/aromatic N) is 7. The van der Waals surface area contributed by atoms with Crippen LogP contribution in [-0.2, 0) is 18.7 Å². The first-order valence-corrected chi connectivity index (χ1v) is 14.5. The largest absolute Gasteiger partial charge is 0.494 e. The predicted octanol–water partition coefficient (Wildman–Crippen LogP) is 2.91. The highest BCUT2D eigenvalue weighted by Crippen LogP contribution is 2.69. The summed E-state index contributed by atoms with van der Waals surface area (Å²) >= 11 is 0. The first kappa shape index (κ1) is 25.1. The minimum absolute atomic E-state index is 0.0445. The molecule has 0 bridgehead atoms. The molecule has 4 aromatic rings. The van der Waals surface area contributed by atoms with Gasteiger partial charge in [0.05, 0.1) is 29.6 Å². The molecule has 4 N–H and O–H groups in total. The van der Waals surface area contributed by atoms with Crippen LogP contribution in [0.5, 0.6) is 5.75 Å². The molecule has 0 spiro atoms. The van der Waals surface area contributed by atoms with Gasteiger partial charge in [0.1, 0.15) is 13.5 Å². The highest BCUT2D eigenvalue weighted by Gasteiger charge is 2.53. The average Bonchev–Trinajstić information content (AvgIpc) is 3.84. The number of nitrogens with two attached hydrogens (primary N) is 1. The number of aryl methyl sites for hydroxylation is 2. The molecule has 13 nitrogen and oxygen atoms in total. The van der Waals surface area contributed by atoms with Gasteiger partial charge in [0, 0.05) is 37.0 Å². The first-order chi connectivity index (χ1) is 18.8. The Morgan fingerprint density at radius 1 is 1.05 bits per heavy atom. The van der Waals surface area contributed by atoms with Gasteiger partial charge in [0.25, 0.3) is 5.91 Å². The molecule has 0 saturated heterocycles. The van der Waals surface area contributed by atoms with Crippen molar-refractivity contribution in [3.63, 3.8) is 0 Å². The Labute approximate surface area is 224 Å². The van der Waals surface area contributed by atoms with E-state index in [9.17, 15) is 9.36 Å². The van der Waals surface area contributed by atoms with E-state index in [2.05, 4.69) is 30.9 Å². The zero-order valence-corrected chi connectivity index (χ0v) is 22.7. The van der Waals surface area contributed by atoms with Gasteiger partial charge in [-0.05, 0) is 43.9 Å². The standard InChI is InChI=1S/C25H29N10O3P/c1-34-13-27-25(33-34)29-20-11-19(22(24(26)36)31-30-20)28-17-6-4-5-16(23(17)38-3)18-12-21(35(2)32-18)39(37,14-7-8-14)15-9-10-15/h4-6,11-15H,7-10H2,1-3H3,(H2,26,36)(H2,28,29,30,33). The van der Waals surface area contributed by atoms with Crippen molar-refractivity contribution in [2.75, 3.05) is 17.7 Å². The number of aromatic nitrogens is 7. The lowest BCUT2D eigenvalue weighted by Crippen LogP contribution is -2.20. The van der Waals surface area contributed by atoms with E-state index in [1.54, 1.807) is 35.9 Å². The van der Waals surface area contributed by atoms with E-state index in [0.29, 0.717) is 34.6 Å². The third kappa shape index (κ3) is 4.63. The zero-order chi connectivity index (χ0) is 27.3. The van der Waals surface area contributed by atoms with E-state index in [4.69, 9.17) is 15.6 Å². The van der Waals surface area contributed by atoms with Gasteiger partial charge >= 0.3 is 0 Å². The van der Waals surface area contributed by atoms with Crippen LogP contribution in [0.1, 0.15) is 36.2 Å². The summed E-state index contributed by atoms with van der Waals surface area (Å²) in [4.78, 5) is 16.3. The molecule has 3 aromatic heterocycles. The molecule has 1 amide bonds. The number of rotatable bonds is 10. The van der Waals surface area contributed by atoms with Crippen LogP contribution in [0, 0.1) is 0 Å². The Hall–Kier alpha value is -4.25. The molecule has 2 aliphatic rings. The van der Waals surface area contributed by atoms with Crippen LogP contribution in [0.15, 0.2) is 36.7 Å². The molecule has 2 saturated carbocycles. The van der Waals surface area contributed by atoms with Crippen LogP contribution < -0.4 is 26.5 Å². The minimum Gasteiger partial charge on any atom is -0.494 e. The Bertz CT molecular complexity index is 1610. The summed E-state index contributed by atoms with van der Waals surface area (Å²) in [5, 5.41) is 23.1. The van der Waals surface area contributed by atoms with E-state index < -0.39 is 13.0 Å². The maximum Gasteiger partial charge on any atom is 0.271 e. The molecule has 1 aromatic carbocycles. The fraction of sp³-hybridized carbons (Fsp3) is 0.360. The molecule has 0 atom stereocenters. The van der Waals surface area contributed by atoms with Crippen molar-refractivity contribution in [1.29, 1.82) is 0 Å². The third-order valence-corrected chi connectivity index (χ3v) is 11.4. The lowest BCUT2D eigenvalue weighted by atomic mass is 10.1. The number of para-hydroxylation sites is 1. The van der Waals surface area contributed by atoms with Gasteiger partial charge in [-0.15, -0.1) is 15.3 Å². The maximum absolute atomic E-state index is 14.2. The highest BCUT2D eigenvalue weighted by atomic mass is 31.2. The fourth-order valence-electron chi connectivity index (χ4n) is 4.95. The summed E-state index contributed by atoms with van der Waals surface area (Å²) in [5.74, 6) is 0.398. The smallest absolute Gasteiger partial charge is 0.271 e. The molecule has 6 rings (SSSR count). The van der Waals surface area contributed by atoms with Crippen molar-refractivity contribution in [2.24, 2.45) is 19.8 Å². The van der Waals surface area contributed by atoms with Crippen LogP contribution in [0.2, 0.25) is 0 Å². The normalized spacial score (nSPS) is 15.3. The van der Waals surface area contributed by atoms with Gasteiger partial charge in [-0.25, -0.2) is 4.98 Å². The van der Waals surface area contributed by atoms with Crippen LogP contribution in [-0.4, -0.2) is 59.1 Å². The van der Waals surface area contributed by atoms with Crippen molar-refractivity contribution in [3.05, 3.63) is 42.4 Å². The summed E-state index contributed by atoms with van der Waals surface area (Å²) in [6.45, 7) is 0. The number of primary amides is 1. The molecular formula is C25H29N10O3P. The zero-order valence-electron chi connectivity index (χ0n) is 21.8. The SMILES string of the molecule is COc1c(Nc2cc(Nc3ncn(C)n3)nnc2C(N)=O)cccc1-c1cc(P(=O)(C2CC2)C2CC2)n(C)n1. The Morgan fingerprint density at radius 2 is 1.79 bits per heavy atom. The number of ether oxygens (including phenoxy) is 1. The van der Waals surface area contributed by atoms with Crippen LogP contribution >= 0.6 is 7.14 Å². The molecule has 3 heterocycles. The topological polar surface area (TPSA) is 168 Å². The molecule has 39 heavy (non-hydrogen) atoms. The Kier molecular flexibility index (Phi) is 6.10. The van der Waals surface area contributed by atoms with Crippen LogP contribution in [0.3, 0.4) is 0 Å². The number of carbonyl (C=O) groups is 1. The number of benzene rings is 1. The summed E-state index contributed by atoms with van der Waals surface area (Å²) < 4.78 is 23.3. The second kappa shape index (κ2) is 9.49. The second-order valence-corrected chi connectivity index (χ2v) is 13.3. The van der Waals surface area contributed by atoms with Gasteiger partial charge in [0.15, 0.2) is 17.3 Å². The van der Waals surface area contributed by atoms with E-state index in [1.165, 1.54) is 0 Å². The summed E-state index contributed by atoms with van der Waals surface area (Å²) in [6, 6.07) is 9.10.